The maximum Gasteiger partial charge on any atom is 0.256 e. The van der Waals surface area contributed by atoms with E-state index in [1.165, 1.54) is 14.2 Å². The van der Waals surface area contributed by atoms with E-state index >= 15 is 0 Å². The third-order valence-electron chi connectivity index (χ3n) is 2.11. The number of hydrogen-bond acceptors (Lipinski definition) is 3. The lowest BCUT2D eigenvalue weighted by Crippen LogP contribution is -2.12. The van der Waals surface area contributed by atoms with Gasteiger partial charge >= 0.3 is 0 Å². The molecule has 1 unspecified atom stereocenters. The molecule has 1 aromatic carbocycles. The lowest BCUT2D eigenvalue weighted by Gasteiger charge is -2.10. The number of ether oxygens (including phenoxy) is 2. The predicted molar refractivity (Wildman–Crippen MR) is 59.0 cm³/mol. The highest BCUT2D eigenvalue weighted by atomic mass is 35.5. The fraction of sp³-hybridized carbons (Fsp3) is 0.364. The SMILES string of the molecule is COc1ccc(CC(F)C(=O)Cl)cc1OC. The fourth-order valence-electron chi connectivity index (χ4n) is 1.29. The van der Waals surface area contributed by atoms with Crippen molar-refractivity contribution in [1.29, 1.82) is 0 Å². The van der Waals surface area contributed by atoms with Gasteiger partial charge in [0, 0.05) is 6.42 Å². The van der Waals surface area contributed by atoms with E-state index in [-0.39, 0.29) is 6.42 Å². The molecule has 3 nitrogen and oxygen atoms in total. The maximum atomic E-state index is 13.1. The molecule has 0 heterocycles. The zero-order valence-electron chi connectivity index (χ0n) is 9.00. The Kier molecular flexibility index (Phi) is 4.55. The molecule has 5 heteroatoms. The van der Waals surface area contributed by atoms with Crippen LogP contribution in [0.15, 0.2) is 18.2 Å². The number of hydrogen-bond donors (Lipinski definition) is 0. The molecule has 0 bridgehead atoms. The predicted octanol–water partition coefficient (Wildman–Crippen LogP) is 2.35. The number of benzene rings is 1. The molecule has 1 rings (SSSR count). The van der Waals surface area contributed by atoms with Crippen molar-refractivity contribution in [3.05, 3.63) is 23.8 Å². The number of methoxy groups -OCH3 is 2. The van der Waals surface area contributed by atoms with Gasteiger partial charge in [-0.3, -0.25) is 4.79 Å². The lowest BCUT2D eigenvalue weighted by molar-refractivity contribution is -0.115. The minimum absolute atomic E-state index is 0.0668. The Balaban J connectivity index is 2.86. The summed E-state index contributed by atoms with van der Waals surface area (Å²) in [6.45, 7) is 0. The second-order valence-corrected chi connectivity index (χ2v) is 3.54. The quantitative estimate of drug-likeness (QED) is 0.748. The van der Waals surface area contributed by atoms with Crippen molar-refractivity contribution in [2.75, 3.05) is 14.2 Å². The molecule has 0 aliphatic heterocycles. The van der Waals surface area contributed by atoms with E-state index in [1.54, 1.807) is 18.2 Å². The van der Waals surface area contributed by atoms with Crippen molar-refractivity contribution >= 4 is 16.8 Å². The molecule has 88 valence electrons. The highest BCUT2D eigenvalue weighted by molar-refractivity contribution is 6.64. The van der Waals surface area contributed by atoms with Crippen LogP contribution < -0.4 is 9.47 Å². The summed E-state index contributed by atoms with van der Waals surface area (Å²) in [7, 11) is 3.00. The number of carbonyl (C=O) groups is 1. The average Bonchev–Trinajstić information content (AvgIpc) is 2.28. The molecule has 0 aromatic heterocycles. The van der Waals surface area contributed by atoms with Gasteiger partial charge in [0.25, 0.3) is 5.24 Å². The Labute approximate surface area is 98.1 Å². The van der Waals surface area contributed by atoms with Crippen LogP contribution in [0.3, 0.4) is 0 Å². The third kappa shape index (κ3) is 3.10. The van der Waals surface area contributed by atoms with Crippen LogP contribution >= 0.6 is 11.6 Å². The summed E-state index contributed by atoms with van der Waals surface area (Å²) in [5, 5.41) is -0.991. The van der Waals surface area contributed by atoms with Crippen molar-refractivity contribution in [2.24, 2.45) is 0 Å². The van der Waals surface area contributed by atoms with E-state index in [2.05, 4.69) is 0 Å². The van der Waals surface area contributed by atoms with Gasteiger partial charge < -0.3 is 9.47 Å². The summed E-state index contributed by atoms with van der Waals surface area (Å²) in [5.41, 5.74) is 0.624. The van der Waals surface area contributed by atoms with Crippen LogP contribution in [-0.4, -0.2) is 25.6 Å². The van der Waals surface area contributed by atoms with Crippen LogP contribution in [0.2, 0.25) is 0 Å². The van der Waals surface area contributed by atoms with Crippen LogP contribution in [-0.2, 0) is 11.2 Å². The molecule has 1 atom stereocenters. The fourth-order valence-corrected chi connectivity index (χ4v) is 1.37. The van der Waals surface area contributed by atoms with Gasteiger partial charge in [0.2, 0.25) is 0 Å². The first kappa shape index (κ1) is 12.8. The Morgan fingerprint density at radius 1 is 1.38 bits per heavy atom. The number of halogens is 2. The summed E-state index contributed by atoms with van der Waals surface area (Å²) >= 11 is 5.04. The van der Waals surface area contributed by atoms with Gasteiger partial charge in [-0.25, -0.2) is 4.39 Å². The molecule has 0 aliphatic carbocycles. The van der Waals surface area contributed by atoms with Crippen molar-refractivity contribution in [2.45, 2.75) is 12.6 Å². The van der Waals surface area contributed by atoms with E-state index in [0.29, 0.717) is 17.1 Å². The van der Waals surface area contributed by atoms with Crippen molar-refractivity contribution < 1.29 is 18.7 Å². The molecule has 0 radical (unpaired) electrons. The van der Waals surface area contributed by atoms with Gasteiger partial charge in [-0.15, -0.1) is 0 Å². The first-order chi connectivity index (χ1) is 7.58. The Morgan fingerprint density at radius 2 is 2.00 bits per heavy atom. The minimum Gasteiger partial charge on any atom is -0.493 e. The number of carbonyl (C=O) groups excluding carboxylic acids is 1. The van der Waals surface area contributed by atoms with Crippen LogP contribution in [0.1, 0.15) is 5.56 Å². The molecular weight excluding hydrogens is 235 g/mol. The zero-order valence-corrected chi connectivity index (χ0v) is 9.75. The molecule has 0 aliphatic rings. The van der Waals surface area contributed by atoms with Gasteiger partial charge in [-0.2, -0.15) is 0 Å². The topological polar surface area (TPSA) is 35.5 Å². The van der Waals surface area contributed by atoms with Crippen LogP contribution in [0.25, 0.3) is 0 Å². The molecular formula is C11H12ClFO3. The second kappa shape index (κ2) is 5.70. The van der Waals surface area contributed by atoms with Gasteiger partial charge in [0.15, 0.2) is 17.7 Å². The molecule has 0 spiro atoms. The molecule has 0 saturated carbocycles. The van der Waals surface area contributed by atoms with E-state index in [0.717, 1.165) is 0 Å². The van der Waals surface area contributed by atoms with Crippen molar-refractivity contribution in [3.8, 4) is 11.5 Å². The zero-order chi connectivity index (χ0) is 12.1. The van der Waals surface area contributed by atoms with Gasteiger partial charge in [0.1, 0.15) is 0 Å². The van der Waals surface area contributed by atoms with Crippen LogP contribution in [0.4, 0.5) is 4.39 Å². The van der Waals surface area contributed by atoms with E-state index < -0.39 is 11.4 Å². The third-order valence-corrected chi connectivity index (χ3v) is 2.35. The Hall–Kier alpha value is -1.29. The summed E-state index contributed by atoms with van der Waals surface area (Å²) < 4.78 is 23.2. The van der Waals surface area contributed by atoms with Gasteiger partial charge in [0.05, 0.1) is 14.2 Å². The molecule has 0 saturated heterocycles. The van der Waals surface area contributed by atoms with Crippen LogP contribution in [0, 0.1) is 0 Å². The average molecular weight is 247 g/mol. The molecule has 1 aromatic rings. The minimum atomic E-state index is -1.69. The summed E-state index contributed by atoms with van der Waals surface area (Å²) in [6.07, 6.45) is -1.76. The van der Waals surface area contributed by atoms with Crippen molar-refractivity contribution in [1.82, 2.24) is 0 Å². The smallest absolute Gasteiger partial charge is 0.256 e. The highest BCUT2D eigenvalue weighted by Crippen LogP contribution is 2.28. The van der Waals surface area contributed by atoms with E-state index in [4.69, 9.17) is 21.1 Å². The molecule has 0 amide bonds. The lowest BCUT2D eigenvalue weighted by atomic mass is 10.1. The summed E-state index contributed by atoms with van der Waals surface area (Å²) in [5.74, 6) is 1.05. The standard InChI is InChI=1S/C11H12ClFO3/c1-15-9-4-3-7(6-10(9)16-2)5-8(13)11(12)14/h3-4,6,8H,5H2,1-2H3. The first-order valence-corrected chi connectivity index (χ1v) is 5.00. The highest BCUT2D eigenvalue weighted by Gasteiger charge is 2.16. The number of alkyl halides is 1. The second-order valence-electron chi connectivity index (χ2n) is 3.17. The van der Waals surface area contributed by atoms with Crippen LogP contribution in [0.5, 0.6) is 11.5 Å². The normalized spacial score (nSPS) is 12.0. The monoisotopic (exact) mass is 246 g/mol. The Morgan fingerprint density at radius 3 is 2.50 bits per heavy atom. The van der Waals surface area contributed by atoms with E-state index in [1.807, 2.05) is 0 Å². The number of rotatable bonds is 5. The van der Waals surface area contributed by atoms with E-state index in [9.17, 15) is 9.18 Å². The largest absolute Gasteiger partial charge is 0.493 e. The summed E-state index contributed by atoms with van der Waals surface area (Å²) in [6, 6.07) is 4.93. The molecule has 0 N–H and O–H groups in total. The maximum absolute atomic E-state index is 13.1. The molecule has 0 fully saturated rings. The molecule has 16 heavy (non-hydrogen) atoms. The summed E-state index contributed by atoms with van der Waals surface area (Å²) in [4.78, 5) is 10.6. The van der Waals surface area contributed by atoms with Crippen molar-refractivity contribution in [3.63, 3.8) is 0 Å². The van der Waals surface area contributed by atoms with Gasteiger partial charge in [-0.1, -0.05) is 6.07 Å². The van der Waals surface area contributed by atoms with Gasteiger partial charge in [-0.05, 0) is 29.3 Å². The Bertz CT molecular complexity index is 381. The first-order valence-electron chi connectivity index (χ1n) is 4.62.